The van der Waals surface area contributed by atoms with E-state index in [9.17, 15) is 48.0 Å². The molecule has 1 amide bonds. The first-order chi connectivity index (χ1) is 14.5. The fourth-order valence-electron chi connectivity index (χ4n) is 2.13. The van der Waals surface area contributed by atoms with E-state index in [0.717, 1.165) is 24.3 Å². The molecule has 0 spiro atoms. The second-order valence-corrected chi connectivity index (χ2v) is 10.8. The molecule has 1 unspecified atom stereocenters. The number of rotatable bonds is 9. The summed E-state index contributed by atoms with van der Waals surface area (Å²) in [6.07, 6.45) is -0.789. The molecule has 17 heteroatoms. The lowest BCUT2D eigenvalue weighted by Crippen LogP contribution is -2.63. The molecule has 1 aromatic rings. The summed E-state index contributed by atoms with van der Waals surface area (Å²) in [7, 11) is -12.8. The van der Waals surface area contributed by atoms with Crippen molar-refractivity contribution in [2.45, 2.75) is 43.5 Å². The number of carbonyl (C=O) groups excluding carboxylic acids is 1. The number of benzene rings is 1. The molecule has 1 aromatic carbocycles. The van der Waals surface area contributed by atoms with Crippen LogP contribution in [0.5, 0.6) is 5.75 Å². The molecule has 0 aliphatic heterocycles. The van der Waals surface area contributed by atoms with E-state index in [1.807, 2.05) is 0 Å². The fourth-order valence-corrected chi connectivity index (χ4v) is 3.60. The van der Waals surface area contributed by atoms with Crippen LogP contribution in [0.15, 0.2) is 24.3 Å². The Hall–Kier alpha value is -2.11. The number of hydrogen-bond acceptors (Lipinski definition) is 7. The Bertz CT molecular complexity index is 1080. The van der Waals surface area contributed by atoms with Gasteiger partial charge in [-0.3, -0.25) is 9.35 Å². The van der Waals surface area contributed by atoms with Crippen LogP contribution in [0.4, 0.5) is 26.3 Å². The van der Waals surface area contributed by atoms with Crippen LogP contribution >= 0.6 is 0 Å². The topological polar surface area (TPSA) is 136 Å². The van der Waals surface area contributed by atoms with Crippen LogP contribution in [-0.4, -0.2) is 57.1 Å². The van der Waals surface area contributed by atoms with E-state index in [-0.39, 0.29) is 5.75 Å². The Balaban J connectivity index is 3.17. The first kappa shape index (κ1) is 28.9. The lowest BCUT2D eigenvalue weighted by molar-refractivity contribution is -0.245. The van der Waals surface area contributed by atoms with E-state index in [1.54, 1.807) is 20.8 Å². The van der Waals surface area contributed by atoms with Gasteiger partial charge in [-0.1, -0.05) is 20.8 Å². The lowest BCUT2D eigenvalue weighted by atomic mass is 9.96. The largest absolute Gasteiger partial charge is 0.464 e. The maximum Gasteiger partial charge on any atom is 0.439 e. The van der Waals surface area contributed by atoms with Gasteiger partial charge in [0.1, 0.15) is 5.75 Å². The molecular formula is C16H19F6NO8S2. The quantitative estimate of drug-likeness (QED) is 0.282. The normalized spacial score (nSPS) is 15.1. The Morgan fingerprint density at radius 2 is 1.39 bits per heavy atom. The predicted molar refractivity (Wildman–Crippen MR) is 100 cm³/mol. The van der Waals surface area contributed by atoms with Crippen LogP contribution in [0, 0.1) is 5.41 Å². The van der Waals surface area contributed by atoms with Gasteiger partial charge in [-0.05, 0) is 24.3 Å². The zero-order valence-corrected chi connectivity index (χ0v) is 18.9. The van der Waals surface area contributed by atoms with Gasteiger partial charge in [0.05, 0.1) is 0 Å². The molecule has 0 aromatic heterocycles. The van der Waals surface area contributed by atoms with Crippen molar-refractivity contribution in [1.82, 2.24) is 4.72 Å². The highest BCUT2D eigenvalue weighted by Crippen LogP contribution is 2.50. The highest BCUT2D eigenvalue weighted by Gasteiger charge is 2.82. The average Bonchev–Trinajstić information content (AvgIpc) is 2.63. The maximum atomic E-state index is 13.8. The molecule has 190 valence electrons. The smallest absolute Gasteiger partial charge is 0.439 e. The highest BCUT2D eigenvalue weighted by molar-refractivity contribution is 7.91. The first-order valence-corrected chi connectivity index (χ1v) is 11.4. The summed E-state index contributed by atoms with van der Waals surface area (Å²) in [5.74, 6) is -9.04. The average molecular weight is 531 g/mol. The molecule has 0 radical (unpaired) electrons. The minimum Gasteiger partial charge on any atom is -0.464 e. The van der Waals surface area contributed by atoms with Crippen LogP contribution in [0.3, 0.4) is 0 Å². The van der Waals surface area contributed by atoms with Crippen molar-refractivity contribution in [2.24, 2.45) is 5.41 Å². The minimum absolute atomic E-state index is 0.0702. The summed E-state index contributed by atoms with van der Waals surface area (Å²) >= 11 is 0. The zero-order valence-electron chi connectivity index (χ0n) is 17.3. The third kappa shape index (κ3) is 5.52. The summed E-state index contributed by atoms with van der Waals surface area (Å²) in [6, 6.07) is 3.80. The summed E-state index contributed by atoms with van der Waals surface area (Å²) in [5.41, 5.74) is -1.21. The van der Waals surface area contributed by atoms with Gasteiger partial charge < -0.3 is 9.47 Å². The SMILES string of the molecule is COC(Oc1ccc(C(=O)NS(=O)(=O)C(F)(F)C(F)(F)C(F)(F)S(=O)(=O)O)cc1)C(C)(C)C. The molecule has 9 nitrogen and oxygen atoms in total. The van der Waals surface area contributed by atoms with Crippen LogP contribution in [0.2, 0.25) is 0 Å². The standard InChI is InChI=1S/C16H19F6NO8S2/c1-13(2,3)12(30-4)31-10-7-5-9(6-8-10)11(24)23-32(25,26)15(19,20)14(17,18)16(21,22)33(27,28)29/h5-8,12H,1-4H3,(H,23,24)(H,27,28,29). The molecule has 2 N–H and O–H groups in total. The van der Waals surface area contributed by atoms with E-state index < -0.39 is 59.7 Å². The molecule has 33 heavy (non-hydrogen) atoms. The third-order valence-electron chi connectivity index (χ3n) is 3.90. The van der Waals surface area contributed by atoms with Gasteiger partial charge in [0.15, 0.2) is 0 Å². The van der Waals surface area contributed by atoms with Gasteiger partial charge in [0.2, 0.25) is 6.29 Å². The number of carbonyl (C=O) groups is 1. The first-order valence-electron chi connectivity index (χ1n) is 8.49. The van der Waals surface area contributed by atoms with E-state index in [2.05, 4.69) is 0 Å². The van der Waals surface area contributed by atoms with Gasteiger partial charge in [-0.15, -0.1) is 0 Å². The van der Waals surface area contributed by atoms with Crippen molar-refractivity contribution in [3.8, 4) is 5.75 Å². The molecule has 0 saturated carbocycles. The highest BCUT2D eigenvalue weighted by atomic mass is 32.2. The fraction of sp³-hybridized carbons (Fsp3) is 0.562. The van der Waals surface area contributed by atoms with Crippen LogP contribution in [0.1, 0.15) is 31.1 Å². The number of methoxy groups -OCH3 is 1. The summed E-state index contributed by atoms with van der Waals surface area (Å²) in [5, 5.41) is -13.8. The molecule has 1 atom stereocenters. The number of ether oxygens (including phenoxy) is 2. The van der Waals surface area contributed by atoms with Crippen LogP contribution < -0.4 is 9.46 Å². The number of alkyl halides is 6. The molecule has 0 saturated heterocycles. The van der Waals surface area contributed by atoms with Gasteiger partial charge in [0, 0.05) is 18.1 Å². The van der Waals surface area contributed by atoms with Gasteiger partial charge in [0.25, 0.3) is 5.91 Å². The number of nitrogens with one attached hydrogen (secondary N) is 1. The van der Waals surface area contributed by atoms with E-state index in [4.69, 9.17) is 14.0 Å². The second kappa shape index (κ2) is 8.92. The number of hydrogen-bond donors (Lipinski definition) is 2. The Morgan fingerprint density at radius 3 is 1.76 bits per heavy atom. The Kier molecular flexibility index (Phi) is 7.82. The van der Waals surface area contributed by atoms with Crippen molar-refractivity contribution < 1.29 is 62.0 Å². The van der Waals surface area contributed by atoms with Crippen molar-refractivity contribution >= 4 is 26.0 Å². The molecular weight excluding hydrogens is 512 g/mol. The molecule has 0 fully saturated rings. The monoisotopic (exact) mass is 531 g/mol. The van der Waals surface area contributed by atoms with Gasteiger partial charge >= 0.3 is 36.6 Å². The Morgan fingerprint density at radius 1 is 0.939 bits per heavy atom. The van der Waals surface area contributed by atoms with Crippen LogP contribution in [0.25, 0.3) is 0 Å². The van der Waals surface area contributed by atoms with Gasteiger partial charge in [-0.2, -0.15) is 43.2 Å². The van der Waals surface area contributed by atoms with Crippen molar-refractivity contribution in [1.29, 1.82) is 0 Å². The number of sulfonamides is 1. The summed E-state index contributed by atoms with van der Waals surface area (Å²) in [4.78, 5) is 11.9. The van der Waals surface area contributed by atoms with E-state index in [0.29, 0.717) is 4.72 Å². The van der Waals surface area contributed by atoms with E-state index >= 15 is 0 Å². The predicted octanol–water partition coefficient (Wildman–Crippen LogP) is 2.85. The lowest BCUT2D eigenvalue weighted by Gasteiger charge is -2.30. The molecule has 0 aliphatic carbocycles. The third-order valence-corrected chi connectivity index (χ3v) is 6.19. The molecule has 0 bridgehead atoms. The maximum absolute atomic E-state index is 13.8. The van der Waals surface area contributed by atoms with E-state index in [1.165, 1.54) is 7.11 Å². The van der Waals surface area contributed by atoms with Crippen molar-refractivity contribution in [3.63, 3.8) is 0 Å². The minimum atomic E-state index is -7.18. The second-order valence-electron chi connectivity index (χ2n) is 7.59. The number of amides is 1. The zero-order chi connectivity index (χ0) is 26.3. The molecule has 1 rings (SSSR count). The van der Waals surface area contributed by atoms with Gasteiger partial charge in [-0.25, -0.2) is 4.72 Å². The molecule has 0 aliphatic rings. The number of halogens is 6. The van der Waals surface area contributed by atoms with Crippen molar-refractivity contribution in [3.05, 3.63) is 29.8 Å². The summed E-state index contributed by atoms with van der Waals surface area (Å²) in [6.45, 7) is 5.28. The van der Waals surface area contributed by atoms with Crippen LogP contribution in [-0.2, 0) is 24.9 Å². The molecule has 0 heterocycles. The Labute approximate surface area is 184 Å². The summed E-state index contributed by atoms with van der Waals surface area (Å²) < 4.78 is 144. The van der Waals surface area contributed by atoms with Crippen molar-refractivity contribution in [2.75, 3.05) is 7.11 Å².